The van der Waals surface area contributed by atoms with Crippen LogP contribution in [0.15, 0.2) is 111 Å². The van der Waals surface area contributed by atoms with Crippen molar-refractivity contribution in [3.8, 4) is 11.6 Å². The van der Waals surface area contributed by atoms with Gasteiger partial charge >= 0.3 is 0 Å². The predicted octanol–water partition coefficient (Wildman–Crippen LogP) is 3.36. The fourth-order valence-corrected chi connectivity index (χ4v) is 5.21. The second kappa shape index (κ2) is 11.8. The molecule has 14 heteroatoms. The molecule has 0 saturated carbocycles. The maximum absolute atomic E-state index is 13.1. The van der Waals surface area contributed by atoms with Gasteiger partial charge in [-0.3, -0.25) is 23.5 Å². The Morgan fingerprint density at radius 1 is 0.744 bits per heavy atom. The normalized spacial score (nSPS) is 15.6. The standard InChI is InChI=1S/C29H24N2O10S2/c1-18-16-26(32)30(20-8-12-22(13-9-20)42(36,37)38)28(34)24(18)6-4-3-5-7-25-19(2)17-27(33)31(29(25)35)21-10-14-23(15-11-21)43(39,40)41/h3-17,34H,1-2H3,(H,36,37,38)(H,39,40,41)/b5-3?,6-4?,25-7-. The van der Waals surface area contributed by atoms with Gasteiger partial charge in [0.15, 0.2) is 0 Å². The highest BCUT2D eigenvalue weighted by molar-refractivity contribution is 7.86. The van der Waals surface area contributed by atoms with Crippen LogP contribution in [-0.4, -0.2) is 47.4 Å². The van der Waals surface area contributed by atoms with Gasteiger partial charge in [0, 0.05) is 23.3 Å². The van der Waals surface area contributed by atoms with Crippen molar-refractivity contribution in [1.29, 1.82) is 0 Å². The molecule has 43 heavy (non-hydrogen) atoms. The van der Waals surface area contributed by atoms with E-state index >= 15 is 0 Å². The van der Waals surface area contributed by atoms with Gasteiger partial charge in [0.05, 0.1) is 21.2 Å². The minimum absolute atomic E-state index is 0.106. The number of rotatable bonds is 7. The minimum atomic E-state index is -4.45. The number of aromatic hydroxyl groups is 1. The predicted molar refractivity (Wildman–Crippen MR) is 157 cm³/mol. The Bertz CT molecular complexity index is 2030. The van der Waals surface area contributed by atoms with Gasteiger partial charge in [0.2, 0.25) is 5.88 Å². The first-order chi connectivity index (χ1) is 20.1. The number of nitrogens with zero attached hydrogens (tertiary/aromatic N) is 2. The lowest BCUT2D eigenvalue weighted by atomic mass is 10.0. The van der Waals surface area contributed by atoms with Crippen LogP contribution in [0.1, 0.15) is 18.1 Å². The van der Waals surface area contributed by atoms with E-state index in [1.807, 2.05) is 0 Å². The number of imide groups is 1. The van der Waals surface area contributed by atoms with Gasteiger partial charge in [0.25, 0.3) is 37.6 Å². The van der Waals surface area contributed by atoms with E-state index in [0.717, 1.165) is 33.7 Å². The summed E-state index contributed by atoms with van der Waals surface area (Å²) < 4.78 is 64.5. The molecule has 0 atom stereocenters. The summed E-state index contributed by atoms with van der Waals surface area (Å²) in [5, 5.41) is 10.9. The largest absolute Gasteiger partial charge is 0.494 e. The highest BCUT2D eigenvalue weighted by Crippen LogP contribution is 2.27. The van der Waals surface area contributed by atoms with Crippen molar-refractivity contribution < 1.29 is 40.6 Å². The quantitative estimate of drug-likeness (QED) is 0.152. The number of carbonyl (C=O) groups is 2. The third kappa shape index (κ3) is 6.62. The average molecular weight is 625 g/mol. The molecule has 2 aromatic carbocycles. The number of amides is 2. The first-order valence-corrected chi connectivity index (χ1v) is 15.2. The number of carbonyl (C=O) groups excluding carboxylic acids is 2. The van der Waals surface area contributed by atoms with E-state index < -0.39 is 48.4 Å². The number of hydrogen-bond donors (Lipinski definition) is 3. The molecule has 222 valence electrons. The molecular weight excluding hydrogens is 600 g/mol. The first kappa shape index (κ1) is 31.1. The van der Waals surface area contributed by atoms with Crippen molar-refractivity contribution in [1.82, 2.24) is 4.57 Å². The van der Waals surface area contributed by atoms with Gasteiger partial charge in [-0.15, -0.1) is 0 Å². The summed E-state index contributed by atoms with van der Waals surface area (Å²) in [5.74, 6) is -1.70. The monoisotopic (exact) mass is 624 g/mol. The molecular formula is C29H24N2O10S2. The molecule has 0 radical (unpaired) electrons. The zero-order valence-corrected chi connectivity index (χ0v) is 24.2. The second-order valence-corrected chi connectivity index (χ2v) is 12.1. The number of allylic oxidation sites excluding steroid dienone is 4. The molecule has 0 unspecified atom stereocenters. The lowest BCUT2D eigenvalue weighted by Gasteiger charge is -2.25. The molecule has 0 spiro atoms. The van der Waals surface area contributed by atoms with Crippen molar-refractivity contribution in [3.05, 3.63) is 118 Å². The van der Waals surface area contributed by atoms with Crippen LogP contribution in [-0.2, 0) is 29.8 Å². The van der Waals surface area contributed by atoms with Gasteiger partial charge in [0.1, 0.15) is 0 Å². The zero-order valence-electron chi connectivity index (χ0n) is 22.6. The molecule has 2 amide bonds. The third-order valence-electron chi connectivity index (χ3n) is 6.39. The fraction of sp³-hybridized carbons (Fsp3) is 0.0690. The summed E-state index contributed by atoms with van der Waals surface area (Å²) >= 11 is 0. The van der Waals surface area contributed by atoms with Crippen LogP contribution >= 0.6 is 0 Å². The molecule has 3 aromatic rings. The molecule has 4 rings (SSSR count). The van der Waals surface area contributed by atoms with Crippen LogP contribution in [0.2, 0.25) is 0 Å². The van der Waals surface area contributed by atoms with E-state index in [2.05, 4.69) is 0 Å². The fourth-order valence-electron chi connectivity index (χ4n) is 4.25. The third-order valence-corrected chi connectivity index (χ3v) is 8.13. The summed E-state index contributed by atoms with van der Waals surface area (Å²) in [4.78, 5) is 38.4. The molecule has 0 saturated heterocycles. The molecule has 0 fully saturated rings. The Kier molecular flexibility index (Phi) is 8.50. The highest BCUT2D eigenvalue weighted by atomic mass is 32.2. The summed E-state index contributed by atoms with van der Waals surface area (Å²) in [6.07, 6.45) is 8.84. The number of hydrogen-bond acceptors (Lipinski definition) is 8. The van der Waals surface area contributed by atoms with E-state index in [1.54, 1.807) is 26.0 Å². The van der Waals surface area contributed by atoms with Crippen molar-refractivity contribution in [2.24, 2.45) is 0 Å². The van der Waals surface area contributed by atoms with Crippen LogP contribution in [0.4, 0.5) is 5.69 Å². The van der Waals surface area contributed by atoms with Gasteiger partial charge in [-0.1, -0.05) is 18.2 Å². The van der Waals surface area contributed by atoms with Crippen LogP contribution < -0.4 is 10.5 Å². The molecule has 2 heterocycles. The van der Waals surface area contributed by atoms with E-state index in [1.165, 1.54) is 54.6 Å². The van der Waals surface area contributed by atoms with E-state index in [-0.39, 0.29) is 27.4 Å². The average Bonchev–Trinajstić information content (AvgIpc) is 2.91. The molecule has 1 aliphatic rings. The smallest absolute Gasteiger partial charge is 0.294 e. The Balaban J connectivity index is 1.59. The maximum Gasteiger partial charge on any atom is 0.294 e. The Morgan fingerprint density at radius 3 is 1.81 bits per heavy atom. The van der Waals surface area contributed by atoms with Crippen molar-refractivity contribution >= 4 is 43.8 Å². The van der Waals surface area contributed by atoms with Gasteiger partial charge in [-0.2, -0.15) is 16.8 Å². The Morgan fingerprint density at radius 2 is 1.28 bits per heavy atom. The van der Waals surface area contributed by atoms with Crippen molar-refractivity contribution in [2.45, 2.75) is 23.6 Å². The lowest BCUT2D eigenvalue weighted by Crippen LogP contribution is -2.40. The first-order valence-electron chi connectivity index (χ1n) is 12.3. The zero-order chi connectivity index (χ0) is 31.7. The lowest BCUT2D eigenvalue weighted by molar-refractivity contribution is -0.122. The van der Waals surface area contributed by atoms with E-state index in [4.69, 9.17) is 4.55 Å². The van der Waals surface area contributed by atoms with E-state index in [9.17, 15) is 40.9 Å². The van der Waals surface area contributed by atoms with Gasteiger partial charge in [-0.05, 0) is 85.7 Å². The summed E-state index contributed by atoms with van der Waals surface area (Å²) in [7, 11) is -8.89. The summed E-state index contributed by atoms with van der Waals surface area (Å²) in [5.41, 5.74) is 1.01. The molecule has 12 nitrogen and oxygen atoms in total. The van der Waals surface area contributed by atoms with Crippen LogP contribution in [0.25, 0.3) is 11.8 Å². The number of aryl methyl sites for hydroxylation is 1. The topological polar surface area (TPSA) is 188 Å². The molecule has 0 aliphatic carbocycles. The molecule has 1 aliphatic heterocycles. The number of aromatic nitrogens is 1. The Labute approximate surface area is 246 Å². The summed E-state index contributed by atoms with van der Waals surface area (Å²) in [6.45, 7) is 3.19. The number of pyridine rings is 1. The maximum atomic E-state index is 13.1. The molecule has 1 aromatic heterocycles. The minimum Gasteiger partial charge on any atom is -0.494 e. The molecule has 0 bridgehead atoms. The number of benzene rings is 2. The summed E-state index contributed by atoms with van der Waals surface area (Å²) in [6, 6.07) is 10.6. The second-order valence-electron chi connectivity index (χ2n) is 9.31. The van der Waals surface area contributed by atoms with E-state index in [0.29, 0.717) is 11.1 Å². The molecule has 3 N–H and O–H groups in total. The van der Waals surface area contributed by atoms with Crippen LogP contribution in [0, 0.1) is 6.92 Å². The van der Waals surface area contributed by atoms with Crippen molar-refractivity contribution in [2.75, 3.05) is 4.90 Å². The van der Waals surface area contributed by atoms with Gasteiger partial charge in [-0.25, -0.2) is 9.47 Å². The van der Waals surface area contributed by atoms with Crippen LogP contribution in [0.3, 0.4) is 0 Å². The highest BCUT2D eigenvalue weighted by Gasteiger charge is 2.30. The Hall–Kier alpha value is -4.89. The SMILES string of the molecule is CC1=CC(=O)N(c2ccc(S(=O)(=O)O)cc2)C(=O)/C1=C\C=CC=Cc1c(C)cc(=O)n(-c2ccc(S(=O)(=O)O)cc2)c1O. The van der Waals surface area contributed by atoms with Gasteiger partial charge < -0.3 is 5.11 Å². The van der Waals surface area contributed by atoms with Crippen LogP contribution in [0.5, 0.6) is 5.88 Å². The number of anilines is 1. The van der Waals surface area contributed by atoms with Crippen molar-refractivity contribution in [3.63, 3.8) is 0 Å².